The predicted molar refractivity (Wildman–Crippen MR) is 66.9 cm³/mol. The van der Waals surface area contributed by atoms with Crippen LogP contribution in [-0.2, 0) is 6.42 Å². The molecule has 0 atom stereocenters. The molecule has 0 spiro atoms. The summed E-state index contributed by atoms with van der Waals surface area (Å²) in [5.74, 6) is 0.640. The minimum atomic E-state index is -0.222. The molecule has 0 aliphatic rings. The number of halogens is 1. The first kappa shape index (κ1) is 10.9. The van der Waals surface area contributed by atoms with Gasteiger partial charge in [0, 0.05) is 12.6 Å². The molecule has 90 valence electrons. The van der Waals surface area contributed by atoms with E-state index in [4.69, 9.17) is 0 Å². The Morgan fingerprint density at radius 2 is 1.89 bits per heavy atom. The number of benzene rings is 1. The predicted octanol–water partition coefficient (Wildman–Crippen LogP) is 2.77. The highest BCUT2D eigenvalue weighted by molar-refractivity contribution is 5.46. The lowest BCUT2D eigenvalue weighted by Crippen LogP contribution is -1.96. The number of nitrogens with zero attached hydrogens (tertiary/aromatic N) is 3. The van der Waals surface area contributed by atoms with Crippen molar-refractivity contribution in [1.29, 1.82) is 0 Å². The second kappa shape index (κ2) is 4.22. The van der Waals surface area contributed by atoms with Gasteiger partial charge in [0.2, 0.25) is 0 Å². The molecule has 0 saturated heterocycles. The third kappa shape index (κ3) is 1.86. The molecule has 0 bridgehead atoms. The number of hydrogen-bond acceptors (Lipinski definition) is 2. The summed E-state index contributed by atoms with van der Waals surface area (Å²) in [6.07, 6.45) is 2.59. The number of rotatable bonds is 2. The van der Waals surface area contributed by atoms with Gasteiger partial charge in [-0.15, -0.1) is 10.2 Å². The van der Waals surface area contributed by atoms with Crippen LogP contribution in [0.5, 0.6) is 0 Å². The number of aryl methyl sites for hydroxylation is 1. The van der Waals surface area contributed by atoms with Gasteiger partial charge in [-0.3, -0.25) is 4.40 Å². The lowest BCUT2D eigenvalue weighted by atomic mass is 10.1. The first-order valence-corrected chi connectivity index (χ1v) is 5.78. The summed E-state index contributed by atoms with van der Waals surface area (Å²) in [4.78, 5) is 0. The minimum absolute atomic E-state index is 0.222. The van der Waals surface area contributed by atoms with Gasteiger partial charge in [-0.1, -0.05) is 18.2 Å². The molecule has 4 heteroatoms. The highest BCUT2D eigenvalue weighted by Crippen LogP contribution is 2.12. The Morgan fingerprint density at radius 3 is 2.67 bits per heavy atom. The molecule has 0 N–H and O–H groups in total. The molecule has 1 aromatic carbocycles. The number of fused-ring (bicyclic) bond motifs is 1. The molecule has 2 heterocycles. The second-order valence-corrected chi connectivity index (χ2v) is 4.30. The van der Waals surface area contributed by atoms with Crippen molar-refractivity contribution >= 4 is 5.65 Å². The summed E-state index contributed by atoms with van der Waals surface area (Å²) < 4.78 is 14.8. The van der Waals surface area contributed by atoms with Crippen molar-refractivity contribution < 1.29 is 4.39 Å². The second-order valence-electron chi connectivity index (χ2n) is 4.30. The van der Waals surface area contributed by atoms with E-state index >= 15 is 0 Å². The van der Waals surface area contributed by atoms with Crippen LogP contribution in [0.25, 0.3) is 5.65 Å². The van der Waals surface area contributed by atoms with E-state index in [0.717, 1.165) is 22.6 Å². The first-order valence-electron chi connectivity index (χ1n) is 5.78. The number of aromatic nitrogens is 3. The quantitative estimate of drug-likeness (QED) is 0.690. The SMILES string of the molecule is Cc1cccn2c(Cc3ccc(F)cc3)nnc12. The fourth-order valence-electron chi connectivity index (χ4n) is 2.00. The zero-order chi connectivity index (χ0) is 12.5. The van der Waals surface area contributed by atoms with Crippen LogP contribution in [-0.4, -0.2) is 14.6 Å². The summed E-state index contributed by atoms with van der Waals surface area (Å²) in [5.41, 5.74) is 2.98. The van der Waals surface area contributed by atoms with Crippen LogP contribution in [0.4, 0.5) is 4.39 Å². The van der Waals surface area contributed by atoms with Gasteiger partial charge in [-0.25, -0.2) is 4.39 Å². The number of hydrogen-bond donors (Lipinski definition) is 0. The van der Waals surface area contributed by atoms with Crippen LogP contribution in [0.3, 0.4) is 0 Å². The van der Waals surface area contributed by atoms with E-state index in [-0.39, 0.29) is 5.82 Å². The fraction of sp³-hybridized carbons (Fsp3) is 0.143. The molecule has 18 heavy (non-hydrogen) atoms. The lowest BCUT2D eigenvalue weighted by molar-refractivity contribution is 0.627. The highest BCUT2D eigenvalue weighted by atomic mass is 19.1. The van der Waals surface area contributed by atoms with Gasteiger partial charge in [0.25, 0.3) is 0 Å². The Kier molecular flexibility index (Phi) is 2.55. The number of pyridine rings is 1. The van der Waals surface area contributed by atoms with Crippen LogP contribution in [0, 0.1) is 12.7 Å². The van der Waals surface area contributed by atoms with E-state index in [1.165, 1.54) is 12.1 Å². The molecule has 3 rings (SSSR count). The molecular formula is C14H12FN3. The molecular weight excluding hydrogens is 229 g/mol. The van der Waals surface area contributed by atoms with Gasteiger partial charge in [-0.05, 0) is 36.2 Å². The van der Waals surface area contributed by atoms with Crippen molar-refractivity contribution in [2.24, 2.45) is 0 Å². The van der Waals surface area contributed by atoms with Crippen LogP contribution < -0.4 is 0 Å². The van der Waals surface area contributed by atoms with Crippen molar-refractivity contribution in [3.63, 3.8) is 0 Å². The third-order valence-electron chi connectivity index (χ3n) is 2.98. The highest BCUT2D eigenvalue weighted by Gasteiger charge is 2.07. The van der Waals surface area contributed by atoms with Gasteiger partial charge >= 0.3 is 0 Å². The van der Waals surface area contributed by atoms with Gasteiger partial charge in [0.15, 0.2) is 5.65 Å². The zero-order valence-electron chi connectivity index (χ0n) is 9.97. The molecule has 0 saturated carbocycles. The normalized spacial score (nSPS) is 11.0. The maximum Gasteiger partial charge on any atom is 0.163 e. The average molecular weight is 241 g/mol. The van der Waals surface area contributed by atoms with Gasteiger partial charge in [0.05, 0.1) is 0 Å². The maximum atomic E-state index is 12.8. The Balaban J connectivity index is 2.00. The van der Waals surface area contributed by atoms with Crippen molar-refractivity contribution in [2.45, 2.75) is 13.3 Å². The third-order valence-corrected chi connectivity index (χ3v) is 2.98. The maximum absolute atomic E-state index is 12.8. The molecule has 0 unspecified atom stereocenters. The molecule has 0 amide bonds. The van der Waals surface area contributed by atoms with Gasteiger partial charge < -0.3 is 0 Å². The molecule has 0 aliphatic carbocycles. The summed E-state index contributed by atoms with van der Waals surface area (Å²) in [6, 6.07) is 10.4. The monoisotopic (exact) mass is 241 g/mol. The summed E-state index contributed by atoms with van der Waals surface area (Å²) in [7, 11) is 0. The van der Waals surface area contributed by atoms with E-state index in [9.17, 15) is 4.39 Å². The summed E-state index contributed by atoms with van der Waals surface area (Å²) >= 11 is 0. The zero-order valence-corrected chi connectivity index (χ0v) is 9.97. The molecule has 0 radical (unpaired) electrons. The fourth-order valence-corrected chi connectivity index (χ4v) is 2.00. The van der Waals surface area contributed by atoms with Crippen LogP contribution >= 0.6 is 0 Å². The molecule has 0 fully saturated rings. The van der Waals surface area contributed by atoms with Crippen LogP contribution in [0.15, 0.2) is 42.6 Å². The average Bonchev–Trinajstić information content (AvgIpc) is 2.77. The van der Waals surface area contributed by atoms with E-state index in [1.807, 2.05) is 29.7 Å². The van der Waals surface area contributed by atoms with Crippen molar-refractivity contribution in [3.8, 4) is 0 Å². The Morgan fingerprint density at radius 1 is 1.11 bits per heavy atom. The standard InChI is InChI=1S/C14H12FN3/c1-10-3-2-8-18-13(16-17-14(10)18)9-11-4-6-12(15)7-5-11/h2-8H,9H2,1H3. The smallest absolute Gasteiger partial charge is 0.163 e. The Hall–Kier alpha value is -2.23. The molecule has 0 aliphatic heterocycles. The van der Waals surface area contributed by atoms with E-state index in [0.29, 0.717) is 6.42 Å². The van der Waals surface area contributed by atoms with Crippen molar-refractivity contribution in [1.82, 2.24) is 14.6 Å². The topological polar surface area (TPSA) is 30.2 Å². The van der Waals surface area contributed by atoms with Crippen LogP contribution in [0.1, 0.15) is 17.0 Å². The van der Waals surface area contributed by atoms with E-state index < -0.39 is 0 Å². The molecule has 3 nitrogen and oxygen atoms in total. The van der Waals surface area contributed by atoms with Gasteiger partial charge in [-0.2, -0.15) is 0 Å². The summed E-state index contributed by atoms with van der Waals surface area (Å²) in [6.45, 7) is 2.01. The van der Waals surface area contributed by atoms with E-state index in [2.05, 4.69) is 10.2 Å². The van der Waals surface area contributed by atoms with E-state index in [1.54, 1.807) is 12.1 Å². The molecule has 3 aromatic rings. The van der Waals surface area contributed by atoms with Crippen LogP contribution in [0.2, 0.25) is 0 Å². The Labute approximate surface area is 104 Å². The molecule has 2 aromatic heterocycles. The first-order chi connectivity index (χ1) is 8.74. The van der Waals surface area contributed by atoms with Crippen molar-refractivity contribution in [3.05, 3.63) is 65.4 Å². The largest absolute Gasteiger partial charge is 0.286 e. The van der Waals surface area contributed by atoms with Gasteiger partial charge in [0.1, 0.15) is 11.6 Å². The minimum Gasteiger partial charge on any atom is -0.286 e. The Bertz CT molecular complexity index is 686. The lowest BCUT2D eigenvalue weighted by Gasteiger charge is -2.01. The van der Waals surface area contributed by atoms with Crippen molar-refractivity contribution in [2.75, 3.05) is 0 Å². The summed E-state index contributed by atoms with van der Waals surface area (Å²) in [5, 5.41) is 8.36.